The lowest BCUT2D eigenvalue weighted by Crippen LogP contribution is -2.41. The lowest BCUT2D eigenvalue weighted by Gasteiger charge is -2.13. The Bertz CT molecular complexity index is 478. The van der Waals surface area contributed by atoms with Gasteiger partial charge in [-0.2, -0.15) is 16.7 Å². The van der Waals surface area contributed by atoms with Crippen molar-refractivity contribution in [2.45, 2.75) is 63.2 Å². The minimum Gasteiger partial charge on any atom is -0.339 e. The van der Waals surface area contributed by atoms with Crippen LogP contribution in [0.2, 0.25) is 0 Å². The molecule has 1 aliphatic carbocycles. The molecule has 6 nitrogen and oxygen atoms in total. The van der Waals surface area contributed by atoms with Gasteiger partial charge in [-0.25, -0.2) is 4.79 Å². The maximum absolute atomic E-state index is 11.8. The fourth-order valence-corrected chi connectivity index (χ4v) is 3.36. The van der Waals surface area contributed by atoms with E-state index in [1.807, 2.05) is 25.6 Å². The molecule has 2 rings (SSSR count). The number of amides is 2. The largest absolute Gasteiger partial charge is 0.339 e. The smallest absolute Gasteiger partial charge is 0.315 e. The minimum absolute atomic E-state index is 0.0693. The number of hydrogen-bond donors (Lipinski definition) is 2. The third-order valence-corrected chi connectivity index (χ3v) is 5.00. The fourth-order valence-electron chi connectivity index (χ4n) is 2.57. The van der Waals surface area contributed by atoms with Crippen LogP contribution >= 0.6 is 11.8 Å². The highest BCUT2D eigenvalue weighted by atomic mass is 32.2. The monoisotopic (exact) mass is 326 g/mol. The Morgan fingerprint density at radius 2 is 2.27 bits per heavy atom. The third-order valence-electron chi connectivity index (χ3n) is 3.91. The van der Waals surface area contributed by atoms with Crippen molar-refractivity contribution in [1.82, 2.24) is 20.8 Å². The van der Waals surface area contributed by atoms with Crippen LogP contribution in [0.4, 0.5) is 4.79 Å². The summed E-state index contributed by atoms with van der Waals surface area (Å²) < 4.78 is 5.17. The highest BCUT2D eigenvalue weighted by Gasteiger charge is 2.24. The van der Waals surface area contributed by atoms with Crippen LogP contribution in [0.3, 0.4) is 0 Å². The van der Waals surface area contributed by atoms with Crippen LogP contribution in [0.5, 0.6) is 0 Å². The number of aryl methyl sites for hydroxylation is 1. The number of urea groups is 1. The average molecular weight is 326 g/mol. The van der Waals surface area contributed by atoms with Crippen LogP contribution in [0.25, 0.3) is 0 Å². The van der Waals surface area contributed by atoms with Crippen LogP contribution in [-0.4, -0.2) is 40.3 Å². The lowest BCUT2D eigenvalue weighted by molar-refractivity contribution is 0.237. The number of thioether (sulfide) groups is 1. The zero-order valence-electron chi connectivity index (χ0n) is 13.6. The van der Waals surface area contributed by atoms with Gasteiger partial charge in [0.15, 0.2) is 5.82 Å². The standard InChI is InChI=1S/C15H26N4O2S/c1-10(2)14-18-13(21-19-14)5-4-8-16-15(20)17-11-6-7-12(9-11)22-3/h10-12H,4-9H2,1-3H3,(H2,16,17,20)/t11-,12-/m0/s1. The Morgan fingerprint density at radius 1 is 1.45 bits per heavy atom. The van der Waals surface area contributed by atoms with Gasteiger partial charge in [0, 0.05) is 30.2 Å². The maximum atomic E-state index is 11.8. The molecule has 2 atom stereocenters. The Morgan fingerprint density at radius 3 is 2.91 bits per heavy atom. The van der Waals surface area contributed by atoms with Gasteiger partial charge in [-0.1, -0.05) is 19.0 Å². The predicted octanol–water partition coefficient (Wildman–Crippen LogP) is 2.71. The van der Waals surface area contributed by atoms with E-state index in [2.05, 4.69) is 27.0 Å². The van der Waals surface area contributed by atoms with E-state index in [1.54, 1.807) is 0 Å². The summed E-state index contributed by atoms with van der Waals surface area (Å²) in [6.45, 7) is 4.68. The summed E-state index contributed by atoms with van der Waals surface area (Å²) in [5.74, 6) is 1.66. The molecule has 0 aromatic carbocycles. The van der Waals surface area contributed by atoms with Crippen LogP contribution in [0.1, 0.15) is 57.2 Å². The molecule has 0 radical (unpaired) electrons. The molecule has 1 aromatic rings. The molecule has 2 N–H and O–H groups in total. The van der Waals surface area contributed by atoms with E-state index < -0.39 is 0 Å². The Balaban J connectivity index is 1.59. The first-order chi connectivity index (χ1) is 10.6. The summed E-state index contributed by atoms with van der Waals surface area (Å²) >= 11 is 1.89. The number of carbonyl (C=O) groups excluding carboxylic acids is 1. The van der Waals surface area contributed by atoms with Gasteiger partial charge in [-0.3, -0.25) is 0 Å². The van der Waals surface area contributed by atoms with Crippen LogP contribution in [-0.2, 0) is 6.42 Å². The van der Waals surface area contributed by atoms with Gasteiger partial charge in [0.05, 0.1) is 0 Å². The molecule has 0 bridgehead atoms. The number of nitrogens with one attached hydrogen (secondary N) is 2. The van der Waals surface area contributed by atoms with Crippen LogP contribution < -0.4 is 10.6 Å². The predicted molar refractivity (Wildman–Crippen MR) is 88.2 cm³/mol. The fraction of sp³-hybridized carbons (Fsp3) is 0.800. The van der Waals surface area contributed by atoms with Crippen LogP contribution in [0, 0.1) is 0 Å². The Labute approximate surface area is 136 Å². The quantitative estimate of drug-likeness (QED) is 0.753. The number of carbonyl (C=O) groups is 1. The van der Waals surface area contributed by atoms with E-state index in [0.717, 1.165) is 25.1 Å². The van der Waals surface area contributed by atoms with Crippen molar-refractivity contribution >= 4 is 17.8 Å². The first kappa shape index (κ1) is 17.1. The van der Waals surface area contributed by atoms with E-state index in [4.69, 9.17) is 4.52 Å². The molecular formula is C15H26N4O2S. The molecule has 7 heteroatoms. The van der Waals surface area contributed by atoms with Crippen LogP contribution in [0.15, 0.2) is 4.52 Å². The third kappa shape index (κ3) is 5.19. The highest BCUT2D eigenvalue weighted by molar-refractivity contribution is 7.99. The van der Waals surface area contributed by atoms with Crippen molar-refractivity contribution < 1.29 is 9.32 Å². The molecular weight excluding hydrogens is 300 g/mol. The molecule has 124 valence electrons. The summed E-state index contributed by atoms with van der Waals surface area (Å²) in [7, 11) is 0. The zero-order valence-corrected chi connectivity index (χ0v) is 14.4. The molecule has 1 aliphatic rings. The highest BCUT2D eigenvalue weighted by Crippen LogP contribution is 2.27. The van der Waals surface area contributed by atoms with E-state index in [0.29, 0.717) is 30.1 Å². The van der Waals surface area contributed by atoms with Crippen molar-refractivity contribution in [2.24, 2.45) is 0 Å². The van der Waals surface area contributed by atoms with Crippen molar-refractivity contribution in [3.8, 4) is 0 Å². The number of rotatable bonds is 7. The minimum atomic E-state index is -0.0693. The molecule has 0 unspecified atom stereocenters. The number of aromatic nitrogens is 2. The van der Waals surface area contributed by atoms with Gasteiger partial charge in [0.25, 0.3) is 0 Å². The Hall–Kier alpha value is -1.24. The second kappa shape index (κ2) is 8.41. The lowest BCUT2D eigenvalue weighted by atomic mass is 10.2. The van der Waals surface area contributed by atoms with Gasteiger partial charge < -0.3 is 15.2 Å². The van der Waals surface area contributed by atoms with Gasteiger partial charge >= 0.3 is 6.03 Å². The Kier molecular flexibility index (Phi) is 6.54. The second-order valence-corrected chi connectivity index (χ2v) is 7.21. The van der Waals surface area contributed by atoms with Gasteiger partial charge in [0.2, 0.25) is 5.89 Å². The summed E-state index contributed by atoms with van der Waals surface area (Å²) in [6.07, 6.45) is 6.98. The summed E-state index contributed by atoms with van der Waals surface area (Å²) in [5, 5.41) is 10.6. The van der Waals surface area contributed by atoms with E-state index in [1.165, 1.54) is 6.42 Å². The molecule has 1 saturated carbocycles. The summed E-state index contributed by atoms with van der Waals surface area (Å²) in [5.41, 5.74) is 0. The van der Waals surface area contributed by atoms with Crippen molar-refractivity contribution in [3.63, 3.8) is 0 Å². The summed E-state index contributed by atoms with van der Waals surface area (Å²) in [4.78, 5) is 16.1. The zero-order chi connectivity index (χ0) is 15.9. The molecule has 0 saturated heterocycles. The molecule has 0 aliphatic heterocycles. The molecule has 0 spiro atoms. The molecule has 1 heterocycles. The maximum Gasteiger partial charge on any atom is 0.315 e. The van der Waals surface area contributed by atoms with E-state index in [9.17, 15) is 4.79 Å². The van der Waals surface area contributed by atoms with Crippen molar-refractivity contribution in [1.29, 1.82) is 0 Å². The summed E-state index contributed by atoms with van der Waals surface area (Å²) in [6, 6.07) is 0.252. The first-order valence-corrected chi connectivity index (χ1v) is 9.27. The molecule has 22 heavy (non-hydrogen) atoms. The topological polar surface area (TPSA) is 80.0 Å². The van der Waals surface area contributed by atoms with Gasteiger partial charge in [0.1, 0.15) is 0 Å². The average Bonchev–Trinajstić information content (AvgIpc) is 3.12. The van der Waals surface area contributed by atoms with E-state index in [-0.39, 0.29) is 11.9 Å². The SMILES string of the molecule is CS[C@H]1CC[C@H](NC(=O)NCCCc2nc(C(C)C)no2)C1. The number of hydrogen-bond acceptors (Lipinski definition) is 5. The molecule has 2 amide bonds. The first-order valence-electron chi connectivity index (χ1n) is 7.98. The second-order valence-electron chi connectivity index (χ2n) is 6.07. The molecule has 1 fully saturated rings. The normalized spacial score (nSPS) is 21.3. The van der Waals surface area contributed by atoms with Gasteiger partial charge in [-0.15, -0.1) is 0 Å². The number of nitrogens with zero attached hydrogens (tertiary/aromatic N) is 2. The molecule has 1 aromatic heterocycles. The van der Waals surface area contributed by atoms with Crippen molar-refractivity contribution in [3.05, 3.63) is 11.7 Å². The van der Waals surface area contributed by atoms with Crippen molar-refractivity contribution in [2.75, 3.05) is 12.8 Å². The van der Waals surface area contributed by atoms with E-state index >= 15 is 0 Å². The van der Waals surface area contributed by atoms with Gasteiger partial charge in [-0.05, 0) is 31.9 Å².